The zero-order valence-electron chi connectivity index (χ0n) is 13.4. The molecule has 0 aliphatic carbocycles. The Kier molecular flexibility index (Phi) is 3.62. The lowest BCUT2D eigenvalue weighted by Crippen LogP contribution is -2.31. The largest absolute Gasteiger partial charge is 0.468 e. The molecule has 0 saturated carbocycles. The fourth-order valence-electron chi connectivity index (χ4n) is 3.91. The summed E-state index contributed by atoms with van der Waals surface area (Å²) in [6, 6.07) is 13.3. The van der Waals surface area contributed by atoms with Crippen molar-refractivity contribution in [1.82, 2.24) is 4.90 Å². The second-order valence-corrected chi connectivity index (χ2v) is 6.86. The number of carbonyl (C=O) groups is 1. The summed E-state index contributed by atoms with van der Waals surface area (Å²) in [6.07, 6.45) is 3.33. The summed E-state index contributed by atoms with van der Waals surface area (Å²) >= 11 is 0. The molecule has 0 unspecified atom stereocenters. The number of carbonyl (C=O) groups excluding carboxylic acids is 1. The predicted octanol–water partition coefficient (Wildman–Crippen LogP) is 2.78. The zero-order valence-corrected chi connectivity index (χ0v) is 13.4. The second kappa shape index (κ2) is 5.81. The van der Waals surface area contributed by atoms with Gasteiger partial charge < -0.3 is 9.32 Å². The SMILES string of the molecule is N#Cc1ccc(N2C[C@]3(CCN(Cc4ccco4)C3)CC2=O)cc1. The highest BCUT2D eigenvalue weighted by Gasteiger charge is 2.47. The number of likely N-dealkylation sites (tertiary alicyclic amines) is 1. The average molecular weight is 321 g/mol. The van der Waals surface area contributed by atoms with Crippen molar-refractivity contribution < 1.29 is 9.21 Å². The maximum Gasteiger partial charge on any atom is 0.227 e. The lowest BCUT2D eigenvalue weighted by atomic mass is 9.86. The Balaban J connectivity index is 1.46. The van der Waals surface area contributed by atoms with Gasteiger partial charge in [-0.05, 0) is 49.4 Å². The number of amides is 1. The third-order valence-electron chi connectivity index (χ3n) is 5.11. The molecule has 2 fully saturated rings. The standard InChI is InChI=1S/C19H19N3O2/c20-11-15-3-5-16(6-4-15)22-14-19(10-18(22)23)7-8-21(13-19)12-17-2-1-9-24-17/h1-6,9H,7-8,10,12-14H2/t19-/m1/s1. The first-order valence-corrected chi connectivity index (χ1v) is 8.23. The lowest BCUT2D eigenvalue weighted by Gasteiger charge is -2.24. The van der Waals surface area contributed by atoms with Gasteiger partial charge in [0.15, 0.2) is 0 Å². The van der Waals surface area contributed by atoms with E-state index >= 15 is 0 Å². The molecule has 4 rings (SSSR count). The van der Waals surface area contributed by atoms with Gasteiger partial charge in [-0.15, -0.1) is 0 Å². The Labute approximate surface area is 141 Å². The molecule has 2 saturated heterocycles. The van der Waals surface area contributed by atoms with Gasteiger partial charge in [-0.3, -0.25) is 9.69 Å². The molecule has 1 aromatic carbocycles. The Bertz CT molecular complexity index is 776. The predicted molar refractivity (Wildman–Crippen MR) is 89.2 cm³/mol. The number of hydrogen-bond donors (Lipinski definition) is 0. The lowest BCUT2D eigenvalue weighted by molar-refractivity contribution is -0.117. The molecular formula is C19H19N3O2. The molecular weight excluding hydrogens is 302 g/mol. The fourth-order valence-corrected chi connectivity index (χ4v) is 3.91. The number of benzene rings is 1. The van der Waals surface area contributed by atoms with Crippen LogP contribution in [0.2, 0.25) is 0 Å². The summed E-state index contributed by atoms with van der Waals surface area (Å²) in [5.41, 5.74) is 1.54. The van der Waals surface area contributed by atoms with Crippen LogP contribution >= 0.6 is 0 Å². The summed E-state index contributed by atoms with van der Waals surface area (Å²) in [6.45, 7) is 3.48. The van der Waals surface area contributed by atoms with Crippen LogP contribution in [0.15, 0.2) is 47.1 Å². The quantitative estimate of drug-likeness (QED) is 0.872. The van der Waals surface area contributed by atoms with Crippen molar-refractivity contribution in [2.45, 2.75) is 19.4 Å². The summed E-state index contributed by atoms with van der Waals surface area (Å²) < 4.78 is 5.43. The van der Waals surface area contributed by atoms with Gasteiger partial charge in [-0.2, -0.15) is 5.26 Å². The first kappa shape index (κ1) is 15.0. The molecule has 24 heavy (non-hydrogen) atoms. The van der Waals surface area contributed by atoms with E-state index in [1.807, 2.05) is 29.2 Å². The summed E-state index contributed by atoms with van der Waals surface area (Å²) in [4.78, 5) is 16.8. The number of rotatable bonds is 3. The van der Waals surface area contributed by atoms with Crippen LogP contribution in [-0.2, 0) is 11.3 Å². The molecule has 5 heteroatoms. The normalized spacial score (nSPS) is 24.0. The van der Waals surface area contributed by atoms with Gasteiger partial charge >= 0.3 is 0 Å². The molecule has 1 atom stereocenters. The van der Waals surface area contributed by atoms with Crippen molar-refractivity contribution >= 4 is 11.6 Å². The molecule has 122 valence electrons. The van der Waals surface area contributed by atoms with Gasteiger partial charge in [0, 0.05) is 30.6 Å². The van der Waals surface area contributed by atoms with Gasteiger partial charge in [0.1, 0.15) is 5.76 Å². The van der Waals surface area contributed by atoms with Gasteiger partial charge in [0.2, 0.25) is 5.91 Å². The van der Waals surface area contributed by atoms with E-state index in [9.17, 15) is 4.79 Å². The van der Waals surface area contributed by atoms with Crippen LogP contribution < -0.4 is 4.90 Å². The second-order valence-electron chi connectivity index (χ2n) is 6.86. The van der Waals surface area contributed by atoms with Crippen molar-refractivity contribution in [3.63, 3.8) is 0 Å². The Morgan fingerprint density at radius 3 is 2.75 bits per heavy atom. The van der Waals surface area contributed by atoms with Crippen LogP contribution in [0.1, 0.15) is 24.2 Å². The van der Waals surface area contributed by atoms with Gasteiger partial charge in [0.25, 0.3) is 0 Å². The number of hydrogen-bond acceptors (Lipinski definition) is 4. The van der Waals surface area contributed by atoms with Crippen LogP contribution in [0.25, 0.3) is 0 Å². The van der Waals surface area contributed by atoms with Gasteiger partial charge in [-0.1, -0.05) is 0 Å². The van der Waals surface area contributed by atoms with Gasteiger partial charge in [0.05, 0.1) is 24.4 Å². The van der Waals surface area contributed by atoms with E-state index in [4.69, 9.17) is 9.68 Å². The van der Waals surface area contributed by atoms with E-state index in [1.165, 1.54) is 0 Å². The monoisotopic (exact) mass is 321 g/mol. The summed E-state index contributed by atoms with van der Waals surface area (Å²) in [7, 11) is 0. The van der Waals surface area contributed by atoms with Crippen molar-refractivity contribution in [3.8, 4) is 6.07 Å². The minimum Gasteiger partial charge on any atom is -0.468 e. The van der Waals surface area contributed by atoms with E-state index in [2.05, 4.69) is 11.0 Å². The molecule has 2 aliphatic rings. The molecule has 5 nitrogen and oxygen atoms in total. The third kappa shape index (κ3) is 2.70. The minimum absolute atomic E-state index is 0.0393. The highest BCUT2D eigenvalue weighted by molar-refractivity contribution is 5.96. The molecule has 2 aromatic rings. The molecule has 2 aliphatic heterocycles. The van der Waals surface area contributed by atoms with Crippen LogP contribution in [0.3, 0.4) is 0 Å². The summed E-state index contributed by atoms with van der Waals surface area (Å²) in [5.74, 6) is 1.15. The zero-order chi connectivity index (χ0) is 16.6. The molecule has 0 N–H and O–H groups in total. The van der Waals surface area contributed by atoms with E-state index in [1.54, 1.807) is 18.4 Å². The number of nitrogens with zero attached hydrogens (tertiary/aromatic N) is 3. The maximum absolute atomic E-state index is 12.5. The highest BCUT2D eigenvalue weighted by atomic mass is 16.3. The summed E-state index contributed by atoms with van der Waals surface area (Å²) in [5, 5.41) is 8.90. The van der Waals surface area contributed by atoms with Crippen LogP contribution in [0.4, 0.5) is 5.69 Å². The van der Waals surface area contributed by atoms with E-state index in [0.29, 0.717) is 12.0 Å². The van der Waals surface area contributed by atoms with Crippen molar-refractivity contribution in [1.29, 1.82) is 5.26 Å². The Morgan fingerprint density at radius 2 is 2.04 bits per heavy atom. The van der Waals surface area contributed by atoms with Crippen molar-refractivity contribution in [3.05, 3.63) is 54.0 Å². The molecule has 1 aromatic heterocycles. The van der Waals surface area contributed by atoms with E-state index in [0.717, 1.165) is 44.0 Å². The fraction of sp³-hybridized carbons (Fsp3) is 0.368. The van der Waals surface area contributed by atoms with Gasteiger partial charge in [-0.25, -0.2) is 0 Å². The minimum atomic E-state index is 0.0393. The average Bonchev–Trinajstić information content (AvgIpc) is 3.30. The van der Waals surface area contributed by atoms with Crippen LogP contribution in [-0.4, -0.2) is 30.4 Å². The molecule has 1 amide bonds. The van der Waals surface area contributed by atoms with E-state index in [-0.39, 0.29) is 11.3 Å². The number of nitriles is 1. The van der Waals surface area contributed by atoms with Crippen molar-refractivity contribution in [2.24, 2.45) is 5.41 Å². The van der Waals surface area contributed by atoms with Crippen LogP contribution in [0, 0.1) is 16.7 Å². The highest BCUT2D eigenvalue weighted by Crippen LogP contribution is 2.42. The number of anilines is 1. The number of furan rings is 1. The van der Waals surface area contributed by atoms with Crippen LogP contribution in [0.5, 0.6) is 0 Å². The smallest absolute Gasteiger partial charge is 0.227 e. The maximum atomic E-state index is 12.5. The van der Waals surface area contributed by atoms with E-state index < -0.39 is 0 Å². The third-order valence-corrected chi connectivity index (χ3v) is 5.11. The molecule has 3 heterocycles. The molecule has 1 spiro atoms. The first-order chi connectivity index (χ1) is 11.7. The topological polar surface area (TPSA) is 60.5 Å². The Hall–Kier alpha value is -2.58. The van der Waals surface area contributed by atoms with Crippen molar-refractivity contribution in [2.75, 3.05) is 24.5 Å². The molecule has 0 radical (unpaired) electrons. The Morgan fingerprint density at radius 1 is 1.21 bits per heavy atom. The molecule has 0 bridgehead atoms. The first-order valence-electron chi connectivity index (χ1n) is 8.23.